The highest BCUT2D eigenvalue weighted by Crippen LogP contribution is 2.30. The third kappa shape index (κ3) is 6.50. The standard InChI is InChI=1S/C35H30F3N7O2/c36-25-4-1-22(2-5-25)33-29-16-27(6-8-31(29)42-43-33)41-35(47)24-9-12-44(19-24)20-32(46)45-13-10-21(11-14-45)23-3-7-28(30(38)15-23)34-39-17-26(37)18-40-34/h1-8,10,15-18,24H,9,11-14,19-20H2,(H,41,47)(H,42,43). The third-order valence-electron chi connectivity index (χ3n) is 8.71. The Morgan fingerprint density at radius 1 is 0.915 bits per heavy atom. The van der Waals surface area contributed by atoms with Gasteiger partial charge in [0.2, 0.25) is 11.8 Å². The van der Waals surface area contributed by atoms with Crippen molar-refractivity contribution in [2.75, 3.05) is 38.0 Å². The number of anilines is 1. The Kier molecular flexibility index (Phi) is 8.25. The number of nitrogens with one attached hydrogen (secondary N) is 2. The van der Waals surface area contributed by atoms with E-state index in [2.05, 4.69) is 25.5 Å². The van der Waals surface area contributed by atoms with E-state index in [9.17, 15) is 22.8 Å². The van der Waals surface area contributed by atoms with E-state index in [1.807, 2.05) is 29.2 Å². The molecule has 2 amide bonds. The number of hydrogen-bond donors (Lipinski definition) is 2. The maximum Gasteiger partial charge on any atom is 0.237 e. The van der Waals surface area contributed by atoms with E-state index in [1.54, 1.807) is 29.2 Å². The Hall–Kier alpha value is -5.36. The van der Waals surface area contributed by atoms with Crippen LogP contribution < -0.4 is 5.32 Å². The molecule has 0 spiro atoms. The molecule has 0 bridgehead atoms. The van der Waals surface area contributed by atoms with Crippen LogP contribution >= 0.6 is 0 Å². The number of H-pyrrole nitrogens is 1. The van der Waals surface area contributed by atoms with Gasteiger partial charge >= 0.3 is 0 Å². The minimum atomic E-state index is -0.591. The zero-order valence-electron chi connectivity index (χ0n) is 25.2. The zero-order valence-corrected chi connectivity index (χ0v) is 25.2. The van der Waals surface area contributed by atoms with Gasteiger partial charge in [0.25, 0.3) is 0 Å². The first-order valence-electron chi connectivity index (χ1n) is 15.3. The van der Waals surface area contributed by atoms with Crippen LogP contribution in [0.5, 0.6) is 0 Å². The predicted octanol–water partition coefficient (Wildman–Crippen LogP) is 5.68. The summed E-state index contributed by atoms with van der Waals surface area (Å²) in [6.07, 6.45) is 5.15. The van der Waals surface area contributed by atoms with Crippen LogP contribution in [0.15, 0.2) is 79.1 Å². The van der Waals surface area contributed by atoms with E-state index in [0.717, 1.165) is 34.4 Å². The van der Waals surface area contributed by atoms with Crippen molar-refractivity contribution in [1.82, 2.24) is 30.0 Å². The van der Waals surface area contributed by atoms with Crippen molar-refractivity contribution < 1.29 is 22.8 Å². The molecular formula is C35H30F3N7O2. The fraction of sp³-hybridized carbons (Fsp3) is 0.229. The number of rotatable bonds is 7. The second-order valence-electron chi connectivity index (χ2n) is 11.8. The minimum Gasteiger partial charge on any atom is -0.338 e. The molecule has 5 aromatic rings. The number of likely N-dealkylation sites (tertiary alicyclic amines) is 1. The van der Waals surface area contributed by atoms with Crippen LogP contribution in [0.2, 0.25) is 0 Å². The van der Waals surface area contributed by atoms with E-state index < -0.39 is 11.6 Å². The van der Waals surface area contributed by atoms with Crippen molar-refractivity contribution >= 4 is 34.0 Å². The van der Waals surface area contributed by atoms with Crippen molar-refractivity contribution in [1.29, 1.82) is 0 Å². The summed E-state index contributed by atoms with van der Waals surface area (Å²) in [4.78, 5) is 37.8. The number of aromatic nitrogens is 4. The molecule has 238 valence electrons. The molecule has 0 saturated carbocycles. The van der Waals surface area contributed by atoms with Gasteiger partial charge in [0, 0.05) is 36.3 Å². The monoisotopic (exact) mass is 637 g/mol. The highest BCUT2D eigenvalue weighted by molar-refractivity contribution is 5.99. The summed E-state index contributed by atoms with van der Waals surface area (Å²) < 4.78 is 41.4. The van der Waals surface area contributed by atoms with Crippen molar-refractivity contribution in [3.05, 3.63) is 102 Å². The molecule has 4 heterocycles. The first kappa shape index (κ1) is 30.3. The first-order valence-corrected chi connectivity index (χ1v) is 15.3. The number of halogens is 3. The Bertz CT molecular complexity index is 1990. The molecule has 1 atom stereocenters. The lowest BCUT2D eigenvalue weighted by atomic mass is 9.98. The molecule has 0 aliphatic carbocycles. The molecule has 9 nitrogen and oxygen atoms in total. The van der Waals surface area contributed by atoms with Gasteiger partial charge in [-0.3, -0.25) is 19.6 Å². The molecule has 1 fully saturated rings. The second kappa shape index (κ2) is 12.8. The largest absolute Gasteiger partial charge is 0.338 e. The lowest BCUT2D eigenvalue weighted by molar-refractivity contribution is -0.132. The summed E-state index contributed by atoms with van der Waals surface area (Å²) in [6, 6.07) is 16.4. The average Bonchev–Trinajstić information content (AvgIpc) is 3.73. The SMILES string of the molecule is O=C(Nc1ccc2[nH]nc(-c3ccc(F)cc3)c2c1)C1CCN(CC(=O)N2CC=C(c3ccc(-c4ncc(F)cn4)c(F)c3)CC2)C1. The molecule has 2 aliphatic heterocycles. The Labute approximate surface area is 268 Å². The molecule has 0 radical (unpaired) electrons. The van der Waals surface area contributed by atoms with Gasteiger partial charge < -0.3 is 10.2 Å². The number of fused-ring (bicyclic) bond motifs is 1. The summed E-state index contributed by atoms with van der Waals surface area (Å²) in [5, 5.41) is 11.2. The molecule has 2 aromatic heterocycles. The van der Waals surface area contributed by atoms with Crippen molar-refractivity contribution in [3.63, 3.8) is 0 Å². The smallest absolute Gasteiger partial charge is 0.237 e. The van der Waals surface area contributed by atoms with Gasteiger partial charge in [-0.2, -0.15) is 5.10 Å². The lowest BCUT2D eigenvalue weighted by Crippen LogP contribution is -2.41. The quantitative estimate of drug-likeness (QED) is 0.238. The number of benzene rings is 3. The Morgan fingerprint density at radius 2 is 1.70 bits per heavy atom. The molecule has 3 aromatic carbocycles. The summed E-state index contributed by atoms with van der Waals surface area (Å²) in [6.45, 7) is 2.24. The van der Waals surface area contributed by atoms with Crippen LogP contribution in [-0.2, 0) is 9.59 Å². The number of carbonyl (C=O) groups excluding carboxylic acids is 2. The van der Waals surface area contributed by atoms with Crippen molar-refractivity contribution in [2.45, 2.75) is 12.8 Å². The number of amides is 2. The highest BCUT2D eigenvalue weighted by atomic mass is 19.1. The summed E-state index contributed by atoms with van der Waals surface area (Å²) >= 11 is 0. The maximum absolute atomic E-state index is 14.9. The van der Waals surface area contributed by atoms with Gasteiger partial charge in [-0.25, -0.2) is 23.1 Å². The van der Waals surface area contributed by atoms with E-state index in [-0.39, 0.29) is 41.5 Å². The van der Waals surface area contributed by atoms with E-state index in [0.29, 0.717) is 56.0 Å². The Balaban J connectivity index is 0.926. The van der Waals surface area contributed by atoms with Crippen LogP contribution in [-0.4, -0.2) is 74.5 Å². The summed E-state index contributed by atoms with van der Waals surface area (Å²) in [5.41, 5.74) is 4.71. The maximum atomic E-state index is 14.9. The van der Waals surface area contributed by atoms with Crippen molar-refractivity contribution in [3.8, 4) is 22.6 Å². The van der Waals surface area contributed by atoms with Crippen LogP contribution in [0, 0.1) is 23.4 Å². The molecule has 2 aliphatic rings. The second-order valence-corrected chi connectivity index (χ2v) is 11.8. The number of nitrogens with zero attached hydrogens (tertiary/aromatic N) is 5. The van der Waals surface area contributed by atoms with E-state index in [4.69, 9.17) is 0 Å². The number of hydrogen-bond acceptors (Lipinski definition) is 6. The third-order valence-corrected chi connectivity index (χ3v) is 8.71. The number of aromatic amines is 1. The van der Waals surface area contributed by atoms with Crippen LogP contribution in [0.1, 0.15) is 18.4 Å². The van der Waals surface area contributed by atoms with Crippen LogP contribution in [0.4, 0.5) is 18.9 Å². The fourth-order valence-electron chi connectivity index (χ4n) is 6.15. The molecule has 1 saturated heterocycles. The van der Waals surface area contributed by atoms with Crippen LogP contribution in [0.25, 0.3) is 39.1 Å². The van der Waals surface area contributed by atoms with Gasteiger partial charge in [-0.15, -0.1) is 0 Å². The highest BCUT2D eigenvalue weighted by Gasteiger charge is 2.31. The van der Waals surface area contributed by atoms with E-state index >= 15 is 0 Å². The molecule has 7 rings (SSSR count). The molecule has 47 heavy (non-hydrogen) atoms. The molecule has 12 heteroatoms. The van der Waals surface area contributed by atoms with Gasteiger partial charge in [-0.1, -0.05) is 12.1 Å². The normalized spacial score (nSPS) is 16.8. The first-order chi connectivity index (χ1) is 22.8. The average molecular weight is 638 g/mol. The van der Waals surface area contributed by atoms with Gasteiger partial charge in [0.05, 0.1) is 41.6 Å². The zero-order chi connectivity index (χ0) is 32.5. The molecule has 2 N–H and O–H groups in total. The van der Waals surface area contributed by atoms with Crippen molar-refractivity contribution in [2.24, 2.45) is 5.92 Å². The molecule has 1 unspecified atom stereocenters. The van der Waals surface area contributed by atoms with E-state index in [1.165, 1.54) is 18.2 Å². The minimum absolute atomic E-state index is 0.0184. The Morgan fingerprint density at radius 3 is 2.45 bits per heavy atom. The number of carbonyl (C=O) groups is 2. The molecular weight excluding hydrogens is 607 g/mol. The lowest BCUT2D eigenvalue weighted by Gasteiger charge is -2.28. The van der Waals surface area contributed by atoms with Gasteiger partial charge in [0.1, 0.15) is 11.6 Å². The fourth-order valence-corrected chi connectivity index (χ4v) is 6.15. The van der Waals surface area contributed by atoms with Gasteiger partial charge in [0.15, 0.2) is 11.6 Å². The summed E-state index contributed by atoms with van der Waals surface area (Å²) in [5.74, 6) is -1.70. The van der Waals surface area contributed by atoms with Crippen LogP contribution in [0.3, 0.4) is 0 Å². The summed E-state index contributed by atoms with van der Waals surface area (Å²) in [7, 11) is 0. The predicted molar refractivity (Wildman–Crippen MR) is 171 cm³/mol. The van der Waals surface area contributed by atoms with Gasteiger partial charge in [-0.05, 0) is 85.1 Å². The topological polar surface area (TPSA) is 107 Å².